The van der Waals surface area contributed by atoms with Gasteiger partial charge in [0.2, 0.25) is 0 Å². The van der Waals surface area contributed by atoms with Crippen LogP contribution in [0.2, 0.25) is 0 Å². The molecule has 0 amide bonds. The molecule has 2 heteroatoms. The van der Waals surface area contributed by atoms with Gasteiger partial charge in [-0.3, -0.25) is 0 Å². The Kier molecular flexibility index (Phi) is 2.13. The molecule has 1 heterocycles. The van der Waals surface area contributed by atoms with Gasteiger partial charge in [-0.1, -0.05) is 19.1 Å². The normalized spacial score (nSPS) is 21.5. The summed E-state index contributed by atoms with van der Waals surface area (Å²) in [6, 6.07) is 5.74. The molecule has 0 radical (unpaired) electrons. The van der Waals surface area contributed by atoms with Crippen LogP contribution in [-0.2, 0) is 6.42 Å². The first-order valence-electron chi connectivity index (χ1n) is 4.82. The molecule has 2 N–H and O–H groups in total. The van der Waals surface area contributed by atoms with E-state index in [0.717, 1.165) is 18.7 Å². The standard InChI is InChI=1S/C11H15NO/c1-8-5-6-12-11-9(7-8)3-2-4-10(11)13/h2-4,8,12-13H,5-7H2,1H3. The molecule has 0 bridgehead atoms. The molecule has 1 aromatic rings. The summed E-state index contributed by atoms with van der Waals surface area (Å²) >= 11 is 0. The fourth-order valence-corrected chi connectivity index (χ4v) is 1.88. The number of hydrogen-bond donors (Lipinski definition) is 2. The van der Waals surface area contributed by atoms with Gasteiger partial charge in [0, 0.05) is 6.54 Å². The number of aromatic hydroxyl groups is 1. The smallest absolute Gasteiger partial charge is 0.138 e. The first kappa shape index (κ1) is 8.42. The molecule has 1 aliphatic rings. The summed E-state index contributed by atoms with van der Waals surface area (Å²) in [5, 5.41) is 12.9. The van der Waals surface area contributed by atoms with Crippen molar-refractivity contribution >= 4 is 5.69 Å². The maximum Gasteiger partial charge on any atom is 0.138 e. The fraction of sp³-hybridized carbons (Fsp3) is 0.455. The number of benzene rings is 1. The van der Waals surface area contributed by atoms with E-state index in [-0.39, 0.29) is 0 Å². The number of hydrogen-bond acceptors (Lipinski definition) is 2. The second kappa shape index (κ2) is 3.29. The van der Waals surface area contributed by atoms with Crippen molar-refractivity contribution in [2.75, 3.05) is 11.9 Å². The number of phenols is 1. The molecule has 0 spiro atoms. The highest BCUT2D eigenvalue weighted by Gasteiger charge is 2.14. The van der Waals surface area contributed by atoms with E-state index >= 15 is 0 Å². The van der Waals surface area contributed by atoms with E-state index in [0.29, 0.717) is 11.7 Å². The molecule has 0 aliphatic carbocycles. The molecule has 1 atom stereocenters. The van der Waals surface area contributed by atoms with Crippen LogP contribution in [0.25, 0.3) is 0 Å². The summed E-state index contributed by atoms with van der Waals surface area (Å²) in [6.07, 6.45) is 2.24. The van der Waals surface area contributed by atoms with Crippen LogP contribution < -0.4 is 5.32 Å². The van der Waals surface area contributed by atoms with Crippen LogP contribution in [0, 0.1) is 5.92 Å². The molecule has 1 aromatic carbocycles. The molecule has 1 aliphatic heterocycles. The first-order valence-corrected chi connectivity index (χ1v) is 4.82. The Labute approximate surface area is 78.6 Å². The van der Waals surface area contributed by atoms with Crippen LogP contribution in [0.1, 0.15) is 18.9 Å². The zero-order valence-corrected chi connectivity index (χ0v) is 7.88. The Balaban J connectivity index is 2.39. The van der Waals surface area contributed by atoms with Gasteiger partial charge >= 0.3 is 0 Å². The van der Waals surface area contributed by atoms with Gasteiger partial charge < -0.3 is 10.4 Å². The third-order valence-corrected chi connectivity index (χ3v) is 2.64. The Morgan fingerprint density at radius 3 is 3.15 bits per heavy atom. The molecular weight excluding hydrogens is 162 g/mol. The van der Waals surface area contributed by atoms with Crippen molar-refractivity contribution in [1.29, 1.82) is 0 Å². The Hall–Kier alpha value is -1.18. The fourth-order valence-electron chi connectivity index (χ4n) is 1.88. The Bertz CT molecular complexity index is 309. The summed E-state index contributed by atoms with van der Waals surface area (Å²) in [6.45, 7) is 3.21. The SMILES string of the molecule is CC1CCNc2c(O)cccc2C1. The number of phenolic OH excluding ortho intramolecular Hbond substituents is 1. The monoisotopic (exact) mass is 177 g/mol. The van der Waals surface area contributed by atoms with Gasteiger partial charge in [0.15, 0.2) is 0 Å². The predicted molar refractivity (Wildman–Crippen MR) is 54.1 cm³/mol. The zero-order chi connectivity index (χ0) is 9.26. The summed E-state index contributed by atoms with van der Waals surface area (Å²) in [7, 11) is 0. The second-order valence-electron chi connectivity index (χ2n) is 3.84. The molecule has 0 saturated carbocycles. The highest BCUT2D eigenvalue weighted by Crippen LogP contribution is 2.31. The largest absolute Gasteiger partial charge is 0.506 e. The maximum absolute atomic E-state index is 9.61. The van der Waals surface area contributed by atoms with Crippen molar-refractivity contribution in [1.82, 2.24) is 0 Å². The summed E-state index contributed by atoms with van der Waals surface area (Å²) < 4.78 is 0. The van der Waals surface area contributed by atoms with E-state index in [2.05, 4.69) is 18.3 Å². The highest BCUT2D eigenvalue weighted by atomic mass is 16.3. The third-order valence-electron chi connectivity index (χ3n) is 2.64. The van der Waals surface area contributed by atoms with Crippen LogP contribution in [0.3, 0.4) is 0 Å². The van der Waals surface area contributed by atoms with Crippen LogP contribution in [0.5, 0.6) is 5.75 Å². The summed E-state index contributed by atoms with van der Waals surface area (Å²) in [5.41, 5.74) is 2.18. The van der Waals surface area contributed by atoms with Gasteiger partial charge in [-0.2, -0.15) is 0 Å². The minimum atomic E-state index is 0.381. The zero-order valence-electron chi connectivity index (χ0n) is 7.88. The van der Waals surface area contributed by atoms with Gasteiger partial charge in [0.1, 0.15) is 5.75 Å². The third kappa shape index (κ3) is 1.62. The van der Waals surface area contributed by atoms with Crippen LogP contribution in [-0.4, -0.2) is 11.7 Å². The minimum Gasteiger partial charge on any atom is -0.506 e. The van der Waals surface area contributed by atoms with Gasteiger partial charge in [-0.05, 0) is 30.4 Å². The molecule has 2 rings (SSSR count). The number of fused-ring (bicyclic) bond motifs is 1. The lowest BCUT2D eigenvalue weighted by atomic mass is 9.99. The first-order chi connectivity index (χ1) is 6.27. The molecule has 1 unspecified atom stereocenters. The molecule has 0 aromatic heterocycles. The Morgan fingerprint density at radius 2 is 2.31 bits per heavy atom. The molecule has 0 saturated heterocycles. The van der Waals surface area contributed by atoms with Gasteiger partial charge in [-0.15, -0.1) is 0 Å². The predicted octanol–water partition coefficient (Wildman–Crippen LogP) is 2.39. The lowest BCUT2D eigenvalue weighted by molar-refractivity contribution is 0.477. The van der Waals surface area contributed by atoms with E-state index in [1.54, 1.807) is 6.07 Å². The molecule has 13 heavy (non-hydrogen) atoms. The van der Waals surface area contributed by atoms with E-state index < -0.39 is 0 Å². The van der Waals surface area contributed by atoms with Gasteiger partial charge in [-0.25, -0.2) is 0 Å². The van der Waals surface area contributed by atoms with Crippen molar-refractivity contribution in [2.24, 2.45) is 5.92 Å². The molecule has 2 nitrogen and oxygen atoms in total. The maximum atomic E-state index is 9.61. The number of para-hydroxylation sites is 1. The Morgan fingerprint density at radius 1 is 1.46 bits per heavy atom. The lowest BCUT2D eigenvalue weighted by Gasteiger charge is -2.09. The van der Waals surface area contributed by atoms with E-state index in [1.165, 1.54) is 12.0 Å². The summed E-state index contributed by atoms with van der Waals surface area (Å²) in [4.78, 5) is 0. The minimum absolute atomic E-state index is 0.381. The second-order valence-corrected chi connectivity index (χ2v) is 3.84. The van der Waals surface area contributed by atoms with Crippen molar-refractivity contribution in [3.63, 3.8) is 0 Å². The number of nitrogens with one attached hydrogen (secondary N) is 1. The van der Waals surface area contributed by atoms with Crippen LogP contribution in [0.4, 0.5) is 5.69 Å². The van der Waals surface area contributed by atoms with Gasteiger partial charge in [0.05, 0.1) is 5.69 Å². The molecular formula is C11H15NO. The average molecular weight is 177 g/mol. The highest BCUT2D eigenvalue weighted by molar-refractivity contribution is 5.61. The van der Waals surface area contributed by atoms with Crippen molar-refractivity contribution in [3.8, 4) is 5.75 Å². The van der Waals surface area contributed by atoms with Crippen molar-refractivity contribution in [3.05, 3.63) is 23.8 Å². The topological polar surface area (TPSA) is 32.3 Å². The van der Waals surface area contributed by atoms with E-state index in [4.69, 9.17) is 0 Å². The molecule has 70 valence electrons. The number of rotatable bonds is 0. The molecule has 0 fully saturated rings. The van der Waals surface area contributed by atoms with E-state index in [9.17, 15) is 5.11 Å². The van der Waals surface area contributed by atoms with Gasteiger partial charge in [0.25, 0.3) is 0 Å². The van der Waals surface area contributed by atoms with Crippen molar-refractivity contribution < 1.29 is 5.11 Å². The van der Waals surface area contributed by atoms with Crippen LogP contribution in [0.15, 0.2) is 18.2 Å². The summed E-state index contributed by atoms with van der Waals surface area (Å²) in [5.74, 6) is 1.09. The quantitative estimate of drug-likeness (QED) is 0.596. The average Bonchev–Trinajstić information content (AvgIpc) is 2.27. The van der Waals surface area contributed by atoms with E-state index in [1.807, 2.05) is 6.07 Å². The number of anilines is 1. The van der Waals surface area contributed by atoms with Crippen molar-refractivity contribution in [2.45, 2.75) is 19.8 Å². The van der Waals surface area contributed by atoms with Crippen LogP contribution >= 0.6 is 0 Å². The lowest BCUT2D eigenvalue weighted by Crippen LogP contribution is -2.02.